The number of ether oxygens (including phenoxy) is 3. The zero-order valence-corrected chi connectivity index (χ0v) is 17.5. The van der Waals surface area contributed by atoms with E-state index >= 15 is 0 Å². The van der Waals surface area contributed by atoms with Crippen LogP contribution < -0.4 is 15.8 Å². The number of carbonyl (C=O) groups excluding carboxylic acids is 1. The summed E-state index contributed by atoms with van der Waals surface area (Å²) in [4.78, 5) is 26.7. The predicted octanol–water partition coefficient (Wildman–Crippen LogP) is 3.03. The maximum Gasteiger partial charge on any atom is 0.331 e. The van der Waals surface area contributed by atoms with Crippen LogP contribution in [0.3, 0.4) is 0 Å². The number of hydrogen-bond acceptors (Lipinski definition) is 10. The van der Waals surface area contributed by atoms with Crippen LogP contribution in [0.25, 0.3) is 10.9 Å². The molecule has 0 bridgehead atoms. The van der Waals surface area contributed by atoms with E-state index in [1.165, 1.54) is 7.11 Å². The van der Waals surface area contributed by atoms with Crippen LogP contribution >= 0.6 is 0 Å². The molecule has 0 aliphatic heterocycles. The van der Waals surface area contributed by atoms with E-state index < -0.39 is 5.97 Å². The molecule has 166 valence electrons. The Morgan fingerprint density at radius 2 is 1.97 bits per heavy atom. The summed E-state index contributed by atoms with van der Waals surface area (Å²) >= 11 is 0. The lowest BCUT2D eigenvalue weighted by Crippen LogP contribution is -2.09. The molecular weight excluding hydrogens is 426 g/mol. The van der Waals surface area contributed by atoms with Gasteiger partial charge in [0.2, 0.25) is 11.9 Å². The Hall–Kier alpha value is -4.69. The van der Waals surface area contributed by atoms with Gasteiger partial charge in [-0.1, -0.05) is 0 Å². The Morgan fingerprint density at radius 1 is 1.15 bits per heavy atom. The molecule has 0 amide bonds. The number of nitrogens with two attached hydrogens (primary N) is 1. The first-order valence-electron chi connectivity index (χ1n) is 9.75. The average Bonchev–Trinajstić information content (AvgIpc) is 3.21. The smallest absolute Gasteiger partial charge is 0.331 e. The molecule has 11 heteroatoms. The third kappa shape index (κ3) is 5.52. The molecular formula is C22H19N7O4. The number of benzene rings is 2. The van der Waals surface area contributed by atoms with Crippen molar-refractivity contribution in [2.24, 2.45) is 0 Å². The summed E-state index contributed by atoms with van der Waals surface area (Å²) in [6.07, 6.45) is 0. The highest BCUT2D eigenvalue weighted by atomic mass is 16.6. The Labute approximate surface area is 188 Å². The number of aromatic nitrogens is 4. The summed E-state index contributed by atoms with van der Waals surface area (Å²) < 4.78 is 15.6. The molecule has 0 saturated heterocycles. The van der Waals surface area contributed by atoms with Crippen molar-refractivity contribution in [3.05, 3.63) is 59.8 Å². The fourth-order valence-corrected chi connectivity index (χ4v) is 2.95. The van der Waals surface area contributed by atoms with Crippen LogP contribution in [0, 0.1) is 11.3 Å². The van der Waals surface area contributed by atoms with E-state index in [2.05, 4.69) is 36.1 Å². The monoisotopic (exact) mass is 445 g/mol. The first kappa shape index (κ1) is 21.5. The van der Waals surface area contributed by atoms with Crippen molar-refractivity contribution >= 4 is 34.5 Å². The largest absolute Gasteiger partial charge is 0.467 e. The third-order valence-electron chi connectivity index (χ3n) is 4.46. The lowest BCUT2D eigenvalue weighted by molar-refractivity contribution is -0.146. The van der Waals surface area contributed by atoms with E-state index in [0.29, 0.717) is 17.0 Å². The van der Waals surface area contributed by atoms with E-state index in [0.717, 1.165) is 16.6 Å². The Morgan fingerprint density at radius 3 is 2.73 bits per heavy atom. The molecule has 4 aromatic rings. The summed E-state index contributed by atoms with van der Waals surface area (Å²) in [6.45, 7) is 0.105. The van der Waals surface area contributed by atoms with Crippen LogP contribution in [-0.2, 0) is 20.9 Å². The van der Waals surface area contributed by atoms with E-state index in [1.807, 2.05) is 18.2 Å². The molecule has 0 saturated carbocycles. The summed E-state index contributed by atoms with van der Waals surface area (Å²) in [5, 5.41) is 12.8. The van der Waals surface area contributed by atoms with Gasteiger partial charge < -0.3 is 30.2 Å². The number of H-pyrrole nitrogens is 1. The van der Waals surface area contributed by atoms with E-state index in [4.69, 9.17) is 20.5 Å². The van der Waals surface area contributed by atoms with Gasteiger partial charge in [0.15, 0.2) is 0 Å². The van der Waals surface area contributed by atoms with Crippen molar-refractivity contribution in [1.29, 1.82) is 5.26 Å². The third-order valence-corrected chi connectivity index (χ3v) is 4.46. The lowest BCUT2D eigenvalue weighted by atomic mass is 10.2. The molecule has 0 unspecified atom stereocenters. The Balaban J connectivity index is 1.46. The number of methoxy groups -OCH3 is 1. The van der Waals surface area contributed by atoms with Crippen molar-refractivity contribution in [3.8, 4) is 17.8 Å². The summed E-state index contributed by atoms with van der Waals surface area (Å²) in [6, 6.07) is 16.2. The summed E-state index contributed by atoms with van der Waals surface area (Å²) in [5.41, 5.74) is 8.70. The second-order valence-electron chi connectivity index (χ2n) is 6.83. The molecule has 4 rings (SSSR count). The molecule has 11 nitrogen and oxygen atoms in total. The average molecular weight is 445 g/mol. The number of carbonyl (C=O) groups is 1. The topological polar surface area (TPSA) is 161 Å². The first-order chi connectivity index (χ1) is 16.0. The SMILES string of the molecule is COC(=O)COCc1cc2cc(Oc3nc(N)nc(Nc4ccc(C#N)cc4)n3)ccc2[nH]1. The molecule has 0 spiro atoms. The number of esters is 1. The summed E-state index contributed by atoms with van der Waals surface area (Å²) in [5.74, 6) is 0.254. The number of nitriles is 1. The molecule has 0 fully saturated rings. The van der Waals surface area contributed by atoms with Crippen LogP contribution in [0.4, 0.5) is 17.6 Å². The lowest BCUT2D eigenvalue weighted by Gasteiger charge is -2.08. The zero-order valence-electron chi connectivity index (χ0n) is 17.5. The predicted molar refractivity (Wildman–Crippen MR) is 119 cm³/mol. The van der Waals surface area contributed by atoms with Gasteiger partial charge in [-0.15, -0.1) is 0 Å². The van der Waals surface area contributed by atoms with Gasteiger partial charge in [-0.3, -0.25) is 0 Å². The highest BCUT2D eigenvalue weighted by molar-refractivity contribution is 5.82. The Kier molecular flexibility index (Phi) is 6.28. The van der Waals surface area contributed by atoms with E-state index in [1.54, 1.807) is 30.3 Å². The molecule has 33 heavy (non-hydrogen) atoms. The fourth-order valence-electron chi connectivity index (χ4n) is 2.95. The number of nitrogens with one attached hydrogen (secondary N) is 2. The quantitative estimate of drug-likeness (QED) is 0.344. The molecule has 0 atom stereocenters. The van der Waals surface area contributed by atoms with Crippen LogP contribution in [0.2, 0.25) is 0 Å². The summed E-state index contributed by atoms with van der Waals surface area (Å²) in [7, 11) is 1.31. The first-order valence-corrected chi connectivity index (χ1v) is 9.75. The molecule has 0 aliphatic rings. The van der Waals surface area contributed by atoms with Gasteiger partial charge in [0.05, 0.1) is 25.3 Å². The van der Waals surface area contributed by atoms with Crippen molar-refractivity contribution in [2.75, 3.05) is 24.8 Å². The van der Waals surface area contributed by atoms with Crippen LogP contribution in [0.15, 0.2) is 48.5 Å². The molecule has 0 aliphatic carbocycles. The van der Waals surface area contributed by atoms with Crippen molar-refractivity contribution < 1.29 is 19.0 Å². The molecule has 2 heterocycles. The van der Waals surface area contributed by atoms with Gasteiger partial charge in [0, 0.05) is 22.3 Å². The molecule has 2 aromatic carbocycles. The minimum Gasteiger partial charge on any atom is -0.467 e. The number of aromatic amines is 1. The van der Waals surface area contributed by atoms with Gasteiger partial charge in [-0.2, -0.15) is 20.2 Å². The minimum atomic E-state index is -0.438. The van der Waals surface area contributed by atoms with E-state index in [-0.39, 0.29) is 31.1 Å². The standard InChI is InChI=1S/C22H19N7O4/c1-31-19(30)12-32-11-16-8-14-9-17(6-7-18(14)25-16)33-22-28-20(24)27-21(29-22)26-15-4-2-13(10-23)3-5-15/h2-9,25H,11-12H2,1H3,(H3,24,26,27,28,29). The molecule has 2 aromatic heterocycles. The maximum absolute atomic E-state index is 11.2. The highest BCUT2D eigenvalue weighted by Crippen LogP contribution is 2.26. The van der Waals surface area contributed by atoms with Gasteiger partial charge in [-0.05, 0) is 48.5 Å². The zero-order chi connectivity index (χ0) is 23.2. The fraction of sp³-hybridized carbons (Fsp3) is 0.136. The van der Waals surface area contributed by atoms with Crippen molar-refractivity contribution in [2.45, 2.75) is 6.61 Å². The van der Waals surface area contributed by atoms with E-state index in [9.17, 15) is 4.79 Å². The second-order valence-corrected chi connectivity index (χ2v) is 6.83. The molecule has 4 N–H and O–H groups in total. The maximum atomic E-state index is 11.2. The van der Waals surface area contributed by atoms with Gasteiger partial charge in [-0.25, -0.2) is 4.79 Å². The van der Waals surface area contributed by atoms with Crippen LogP contribution in [-0.4, -0.2) is 39.6 Å². The highest BCUT2D eigenvalue weighted by Gasteiger charge is 2.10. The molecule has 0 radical (unpaired) electrons. The van der Waals surface area contributed by atoms with Gasteiger partial charge in [0.25, 0.3) is 0 Å². The number of rotatable bonds is 8. The van der Waals surface area contributed by atoms with Crippen molar-refractivity contribution in [1.82, 2.24) is 19.9 Å². The number of fused-ring (bicyclic) bond motifs is 1. The Bertz CT molecular complexity index is 1330. The van der Waals surface area contributed by atoms with Crippen LogP contribution in [0.1, 0.15) is 11.3 Å². The van der Waals surface area contributed by atoms with Gasteiger partial charge in [0.1, 0.15) is 12.4 Å². The normalized spacial score (nSPS) is 10.5. The van der Waals surface area contributed by atoms with Crippen LogP contribution in [0.5, 0.6) is 11.8 Å². The number of nitrogen functional groups attached to an aromatic ring is 1. The minimum absolute atomic E-state index is 0.0103. The number of anilines is 3. The van der Waals surface area contributed by atoms with Gasteiger partial charge >= 0.3 is 12.0 Å². The van der Waals surface area contributed by atoms with Crippen molar-refractivity contribution in [3.63, 3.8) is 0 Å². The second kappa shape index (κ2) is 9.63. The number of hydrogen-bond donors (Lipinski definition) is 3. The number of nitrogens with zero attached hydrogens (tertiary/aromatic N) is 4.